The number of nitrogens with one attached hydrogen (secondary N) is 1. The van der Waals surface area contributed by atoms with Gasteiger partial charge in [0.1, 0.15) is 12.2 Å². The summed E-state index contributed by atoms with van der Waals surface area (Å²) in [5.41, 5.74) is 0. The van der Waals surface area contributed by atoms with Crippen LogP contribution in [0.5, 0.6) is 0 Å². The molecule has 2 aromatic heterocycles. The molecular formula is C10H16N6O. The Morgan fingerprint density at radius 1 is 1.41 bits per heavy atom. The highest BCUT2D eigenvalue weighted by Crippen LogP contribution is 1.98. The minimum absolute atomic E-state index is 0.566. The minimum atomic E-state index is 0.566. The van der Waals surface area contributed by atoms with Crippen molar-refractivity contribution in [2.24, 2.45) is 0 Å². The van der Waals surface area contributed by atoms with Crippen LogP contribution in [0.2, 0.25) is 0 Å². The van der Waals surface area contributed by atoms with Gasteiger partial charge in [0.05, 0.1) is 13.1 Å². The molecule has 0 aliphatic rings. The normalized spacial score (nSPS) is 10.9. The van der Waals surface area contributed by atoms with Gasteiger partial charge in [0.2, 0.25) is 5.89 Å². The summed E-state index contributed by atoms with van der Waals surface area (Å²) in [7, 11) is 0. The third-order valence-electron chi connectivity index (χ3n) is 2.27. The molecule has 7 nitrogen and oxygen atoms in total. The largest absolute Gasteiger partial charge is 0.340 e. The third-order valence-corrected chi connectivity index (χ3v) is 2.27. The standard InChI is InChI=1S/C10H16N6O/c1-3-4-16-10(12-7-13-16)6-11-5-9-14-8(2)17-15-9/h7,11H,3-6H2,1-2H3. The zero-order chi connectivity index (χ0) is 12.1. The van der Waals surface area contributed by atoms with Crippen LogP contribution in [-0.2, 0) is 19.6 Å². The van der Waals surface area contributed by atoms with Crippen molar-refractivity contribution in [3.8, 4) is 0 Å². The van der Waals surface area contributed by atoms with Gasteiger partial charge >= 0.3 is 0 Å². The van der Waals surface area contributed by atoms with Crippen molar-refractivity contribution in [1.29, 1.82) is 0 Å². The zero-order valence-corrected chi connectivity index (χ0v) is 10.1. The van der Waals surface area contributed by atoms with Crippen molar-refractivity contribution in [2.45, 2.75) is 39.9 Å². The first-order chi connectivity index (χ1) is 8.29. The van der Waals surface area contributed by atoms with Crippen LogP contribution in [0.4, 0.5) is 0 Å². The molecule has 1 N–H and O–H groups in total. The van der Waals surface area contributed by atoms with E-state index in [1.165, 1.54) is 0 Å². The lowest BCUT2D eigenvalue weighted by atomic mass is 10.4. The summed E-state index contributed by atoms with van der Waals surface area (Å²) in [5, 5.41) is 11.2. The highest BCUT2D eigenvalue weighted by molar-refractivity contribution is 4.87. The fourth-order valence-electron chi connectivity index (χ4n) is 1.52. The quantitative estimate of drug-likeness (QED) is 0.793. The maximum Gasteiger partial charge on any atom is 0.223 e. The van der Waals surface area contributed by atoms with Gasteiger partial charge in [-0.05, 0) is 6.42 Å². The van der Waals surface area contributed by atoms with Crippen LogP contribution in [0.15, 0.2) is 10.9 Å². The molecule has 0 spiro atoms. The SMILES string of the molecule is CCCn1ncnc1CNCc1noc(C)n1. The van der Waals surface area contributed by atoms with Crippen LogP contribution in [-0.4, -0.2) is 24.9 Å². The van der Waals surface area contributed by atoms with Gasteiger partial charge < -0.3 is 9.84 Å². The first-order valence-corrected chi connectivity index (χ1v) is 5.66. The molecule has 0 saturated carbocycles. The van der Waals surface area contributed by atoms with Crippen molar-refractivity contribution in [2.75, 3.05) is 0 Å². The zero-order valence-electron chi connectivity index (χ0n) is 10.1. The second kappa shape index (κ2) is 5.53. The molecule has 7 heteroatoms. The summed E-state index contributed by atoms with van der Waals surface area (Å²) in [6.07, 6.45) is 2.62. The van der Waals surface area contributed by atoms with Crippen molar-refractivity contribution < 1.29 is 4.52 Å². The molecule has 0 aromatic carbocycles. The van der Waals surface area contributed by atoms with Crippen LogP contribution >= 0.6 is 0 Å². The van der Waals surface area contributed by atoms with Gasteiger partial charge in [-0.25, -0.2) is 9.67 Å². The fraction of sp³-hybridized carbons (Fsp3) is 0.600. The third kappa shape index (κ3) is 3.10. The Morgan fingerprint density at radius 2 is 2.29 bits per heavy atom. The summed E-state index contributed by atoms with van der Waals surface area (Å²) >= 11 is 0. The predicted octanol–water partition coefficient (Wildman–Crippen LogP) is 0.669. The maximum absolute atomic E-state index is 4.88. The smallest absolute Gasteiger partial charge is 0.223 e. The summed E-state index contributed by atoms with van der Waals surface area (Å²) in [4.78, 5) is 8.30. The van der Waals surface area contributed by atoms with E-state index in [1.54, 1.807) is 13.3 Å². The molecule has 0 unspecified atom stereocenters. The lowest BCUT2D eigenvalue weighted by molar-refractivity contribution is 0.385. The van der Waals surface area contributed by atoms with E-state index in [9.17, 15) is 0 Å². The van der Waals surface area contributed by atoms with E-state index in [2.05, 4.69) is 32.5 Å². The van der Waals surface area contributed by atoms with Crippen molar-refractivity contribution in [1.82, 2.24) is 30.2 Å². The average Bonchev–Trinajstić information content (AvgIpc) is 2.90. The molecule has 0 atom stereocenters. The Morgan fingerprint density at radius 3 is 3.00 bits per heavy atom. The molecule has 0 radical (unpaired) electrons. The molecule has 0 amide bonds. The van der Waals surface area contributed by atoms with E-state index in [1.807, 2.05) is 4.68 Å². The van der Waals surface area contributed by atoms with Crippen molar-refractivity contribution >= 4 is 0 Å². The second-order valence-corrected chi connectivity index (χ2v) is 3.73. The van der Waals surface area contributed by atoms with Gasteiger partial charge in [0.15, 0.2) is 5.82 Å². The van der Waals surface area contributed by atoms with Gasteiger partial charge in [-0.15, -0.1) is 0 Å². The average molecular weight is 236 g/mol. The highest BCUT2D eigenvalue weighted by Gasteiger charge is 2.05. The lowest BCUT2D eigenvalue weighted by Crippen LogP contribution is -2.18. The molecule has 2 rings (SSSR count). The summed E-state index contributed by atoms with van der Waals surface area (Å²) in [6.45, 7) is 5.98. The van der Waals surface area contributed by atoms with Crippen LogP contribution < -0.4 is 5.32 Å². The van der Waals surface area contributed by atoms with Crippen LogP contribution in [0.25, 0.3) is 0 Å². The first-order valence-electron chi connectivity index (χ1n) is 5.66. The topological polar surface area (TPSA) is 81.7 Å². The van der Waals surface area contributed by atoms with E-state index in [4.69, 9.17) is 4.52 Å². The number of rotatable bonds is 6. The minimum Gasteiger partial charge on any atom is -0.340 e. The van der Waals surface area contributed by atoms with Gasteiger partial charge in [0.25, 0.3) is 0 Å². The summed E-state index contributed by atoms with van der Waals surface area (Å²) < 4.78 is 6.78. The molecule has 0 aliphatic carbocycles. The van der Waals surface area contributed by atoms with Crippen molar-refractivity contribution in [3.63, 3.8) is 0 Å². The van der Waals surface area contributed by atoms with E-state index < -0.39 is 0 Å². The van der Waals surface area contributed by atoms with E-state index in [0.29, 0.717) is 24.8 Å². The van der Waals surface area contributed by atoms with Gasteiger partial charge in [-0.1, -0.05) is 12.1 Å². The summed E-state index contributed by atoms with van der Waals surface area (Å²) in [6, 6.07) is 0. The lowest BCUT2D eigenvalue weighted by Gasteiger charge is -2.04. The Labute approximate surface area is 99.2 Å². The van der Waals surface area contributed by atoms with Crippen LogP contribution in [0, 0.1) is 6.92 Å². The highest BCUT2D eigenvalue weighted by atomic mass is 16.5. The van der Waals surface area contributed by atoms with E-state index in [-0.39, 0.29) is 0 Å². The van der Waals surface area contributed by atoms with Gasteiger partial charge in [-0.2, -0.15) is 10.1 Å². The molecule has 2 heterocycles. The molecule has 0 saturated heterocycles. The Kier molecular flexibility index (Phi) is 3.81. The predicted molar refractivity (Wildman–Crippen MR) is 59.9 cm³/mol. The fourth-order valence-corrected chi connectivity index (χ4v) is 1.52. The van der Waals surface area contributed by atoms with E-state index in [0.717, 1.165) is 18.8 Å². The number of aromatic nitrogens is 5. The van der Waals surface area contributed by atoms with Crippen LogP contribution in [0.1, 0.15) is 30.9 Å². The number of aryl methyl sites for hydroxylation is 2. The Balaban J connectivity index is 1.83. The van der Waals surface area contributed by atoms with Crippen molar-refractivity contribution in [3.05, 3.63) is 23.9 Å². The summed E-state index contributed by atoms with van der Waals surface area (Å²) in [5.74, 6) is 2.16. The van der Waals surface area contributed by atoms with Crippen LogP contribution in [0.3, 0.4) is 0 Å². The second-order valence-electron chi connectivity index (χ2n) is 3.73. The number of nitrogens with zero attached hydrogens (tertiary/aromatic N) is 5. The number of hydrogen-bond donors (Lipinski definition) is 1. The van der Waals surface area contributed by atoms with Gasteiger partial charge in [0, 0.05) is 13.5 Å². The molecule has 0 bridgehead atoms. The molecule has 17 heavy (non-hydrogen) atoms. The molecule has 0 aliphatic heterocycles. The first kappa shape index (κ1) is 11.7. The Hall–Kier alpha value is -1.76. The monoisotopic (exact) mass is 236 g/mol. The maximum atomic E-state index is 4.88. The molecule has 0 fully saturated rings. The molecule has 2 aromatic rings. The molecule has 92 valence electrons. The molecular weight excluding hydrogens is 220 g/mol. The van der Waals surface area contributed by atoms with Gasteiger partial charge in [-0.3, -0.25) is 0 Å². The Bertz CT molecular complexity index is 463. The number of hydrogen-bond acceptors (Lipinski definition) is 6. The van der Waals surface area contributed by atoms with E-state index >= 15 is 0 Å².